The van der Waals surface area contributed by atoms with Crippen LogP contribution in [0, 0.1) is 0 Å². The zero-order valence-corrected chi connectivity index (χ0v) is 9.55. The van der Waals surface area contributed by atoms with E-state index in [0.29, 0.717) is 18.3 Å². The predicted molar refractivity (Wildman–Crippen MR) is 62.4 cm³/mol. The molecular weight excluding hydrogens is 220 g/mol. The highest BCUT2D eigenvalue weighted by Gasteiger charge is 2.00. The van der Waals surface area contributed by atoms with Crippen molar-refractivity contribution in [3.05, 3.63) is 24.5 Å². The fourth-order valence-corrected chi connectivity index (χ4v) is 1.22. The fourth-order valence-electron chi connectivity index (χ4n) is 1.22. The molecule has 0 spiro atoms. The molecule has 90 valence electrons. The molecule has 0 unspecified atom stereocenters. The minimum atomic E-state index is 0.473. The van der Waals surface area contributed by atoms with E-state index in [1.54, 1.807) is 12.3 Å². The molecule has 0 aromatic carbocycles. The van der Waals surface area contributed by atoms with Crippen molar-refractivity contribution in [2.24, 2.45) is 0 Å². The van der Waals surface area contributed by atoms with E-state index in [2.05, 4.69) is 42.2 Å². The van der Waals surface area contributed by atoms with E-state index in [1.165, 1.54) is 6.39 Å². The minimum Gasteiger partial charge on any atom is -0.362 e. The van der Waals surface area contributed by atoms with Gasteiger partial charge in [0.05, 0.1) is 6.54 Å². The van der Waals surface area contributed by atoms with Gasteiger partial charge in [0, 0.05) is 12.7 Å². The van der Waals surface area contributed by atoms with Crippen molar-refractivity contribution >= 4 is 11.8 Å². The quantitative estimate of drug-likeness (QED) is 0.778. The molecular formula is C10H14N6O. The van der Waals surface area contributed by atoms with Crippen LogP contribution in [0.25, 0.3) is 0 Å². The van der Waals surface area contributed by atoms with E-state index in [1.807, 2.05) is 0 Å². The lowest BCUT2D eigenvalue weighted by Crippen LogP contribution is -2.07. The highest BCUT2D eigenvalue weighted by atomic mass is 16.5. The average Bonchev–Trinajstić information content (AvgIpc) is 2.87. The van der Waals surface area contributed by atoms with Gasteiger partial charge in [-0.3, -0.25) is 0 Å². The van der Waals surface area contributed by atoms with Gasteiger partial charge in [-0.2, -0.15) is 9.97 Å². The van der Waals surface area contributed by atoms with Gasteiger partial charge >= 0.3 is 0 Å². The van der Waals surface area contributed by atoms with Gasteiger partial charge in [0.1, 0.15) is 5.82 Å². The first-order chi connectivity index (χ1) is 8.38. The molecule has 0 fully saturated rings. The Labute approximate surface area is 98.7 Å². The van der Waals surface area contributed by atoms with Crippen molar-refractivity contribution in [1.82, 2.24) is 20.1 Å². The second kappa shape index (κ2) is 5.78. The Morgan fingerprint density at radius 2 is 2.24 bits per heavy atom. The maximum Gasteiger partial charge on any atom is 0.224 e. The Kier molecular flexibility index (Phi) is 3.85. The summed E-state index contributed by atoms with van der Waals surface area (Å²) in [5.41, 5.74) is 0. The number of aromatic nitrogens is 4. The molecule has 2 heterocycles. The number of rotatable bonds is 6. The summed E-state index contributed by atoms with van der Waals surface area (Å²) in [5.74, 6) is 1.93. The molecule has 0 aliphatic carbocycles. The third-order valence-corrected chi connectivity index (χ3v) is 2.02. The smallest absolute Gasteiger partial charge is 0.224 e. The molecule has 2 aromatic heterocycles. The van der Waals surface area contributed by atoms with Gasteiger partial charge in [-0.15, -0.1) is 0 Å². The van der Waals surface area contributed by atoms with Gasteiger partial charge < -0.3 is 15.2 Å². The molecule has 7 heteroatoms. The van der Waals surface area contributed by atoms with Crippen LogP contribution in [0.5, 0.6) is 0 Å². The van der Waals surface area contributed by atoms with Crippen molar-refractivity contribution in [1.29, 1.82) is 0 Å². The summed E-state index contributed by atoms with van der Waals surface area (Å²) in [4.78, 5) is 12.3. The first-order valence-corrected chi connectivity index (χ1v) is 5.44. The molecule has 2 N–H and O–H groups in total. The van der Waals surface area contributed by atoms with Crippen LogP contribution in [0.1, 0.15) is 19.2 Å². The molecule has 0 aliphatic rings. The highest BCUT2D eigenvalue weighted by molar-refractivity contribution is 5.39. The number of hydrogen-bond donors (Lipinski definition) is 2. The first kappa shape index (κ1) is 11.3. The summed E-state index contributed by atoms with van der Waals surface area (Å²) in [5, 5.41) is 9.90. The van der Waals surface area contributed by atoms with Crippen LogP contribution >= 0.6 is 0 Å². The number of anilines is 2. The van der Waals surface area contributed by atoms with E-state index in [-0.39, 0.29) is 0 Å². The standard InChI is InChI=1S/C10H14N6O/c1-2-4-11-10-12-5-3-8(15-10)13-6-9-14-7-17-16-9/h3,5,7H,2,4,6H2,1H3,(H2,11,12,13,15). The maximum atomic E-state index is 4.63. The van der Waals surface area contributed by atoms with Crippen molar-refractivity contribution in [3.63, 3.8) is 0 Å². The zero-order valence-electron chi connectivity index (χ0n) is 9.55. The Hall–Kier alpha value is -2.18. The lowest BCUT2D eigenvalue weighted by Gasteiger charge is -2.05. The van der Waals surface area contributed by atoms with Gasteiger partial charge in [0.2, 0.25) is 12.3 Å². The third kappa shape index (κ3) is 3.40. The van der Waals surface area contributed by atoms with E-state index >= 15 is 0 Å². The van der Waals surface area contributed by atoms with Gasteiger partial charge in [-0.25, -0.2) is 4.98 Å². The summed E-state index contributed by atoms with van der Waals surface area (Å²) in [6, 6.07) is 1.79. The third-order valence-electron chi connectivity index (χ3n) is 2.02. The zero-order chi connectivity index (χ0) is 11.9. The molecule has 2 aromatic rings. The maximum absolute atomic E-state index is 4.63. The average molecular weight is 234 g/mol. The monoisotopic (exact) mass is 234 g/mol. The minimum absolute atomic E-state index is 0.473. The van der Waals surface area contributed by atoms with Crippen LogP contribution in [0.15, 0.2) is 23.2 Å². The Morgan fingerprint density at radius 3 is 3.00 bits per heavy atom. The first-order valence-electron chi connectivity index (χ1n) is 5.44. The predicted octanol–water partition coefficient (Wildman–Crippen LogP) is 1.29. The molecule has 0 saturated carbocycles. The van der Waals surface area contributed by atoms with Crippen molar-refractivity contribution < 1.29 is 4.52 Å². The van der Waals surface area contributed by atoms with Crippen LogP contribution in [0.2, 0.25) is 0 Å². The summed E-state index contributed by atoms with van der Waals surface area (Å²) >= 11 is 0. The van der Waals surface area contributed by atoms with Crippen molar-refractivity contribution in [3.8, 4) is 0 Å². The normalized spacial score (nSPS) is 10.2. The van der Waals surface area contributed by atoms with Crippen LogP contribution in [-0.2, 0) is 6.54 Å². The van der Waals surface area contributed by atoms with Crippen LogP contribution in [0.4, 0.5) is 11.8 Å². The SMILES string of the molecule is CCCNc1nccc(NCc2ncon2)n1. The summed E-state index contributed by atoms with van der Waals surface area (Å²) in [7, 11) is 0. The number of hydrogen-bond acceptors (Lipinski definition) is 7. The van der Waals surface area contributed by atoms with E-state index in [9.17, 15) is 0 Å². The van der Waals surface area contributed by atoms with Crippen LogP contribution < -0.4 is 10.6 Å². The molecule has 0 amide bonds. The molecule has 2 rings (SSSR count). The molecule has 0 bridgehead atoms. The van der Waals surface area contributed by atoms with Crippen LogP contribution in [-0.4, -0.2) is 26.7 Å². The molecule has 0 radical (unpaired) electrons. The molecule has 7 nitrogen and oxygen atoms in total. The van der Waals surface area contributed by atoms with E-state index < -0.39 is 0 Å². The van der Waals surface area contributed by atoms with Crippen LogP contribution in [0.3, 0.4) is 0 Å². The summed E-state index contributed by atoms with van der Waals surface area (Å²) in [6.07, 6.45) is 4.03. The number of nitrogens with one attached hydrogen (secondary N) is 2. The largest absolute Gasteiger partial charge is 0.362 e. The fraction of sp³-hybridized carbons (Fsp3) is 0.400. The Bertz CT molecular complexity index is 444. The molecule has 0 atom stereocenters. The molecule has 17 heavy (non-hydrogen) atoms. The number of nitrogens with zero attached hydrogens (tertiary/aromatic N) is 4. The summed E-state index contributed by atoms with van der Waals surface area (Å²) in [6.45, 7) is 3.42. The van der Waals surface area contributed by atoms with E-state index in [0.717, 1.165) is 18.8 Å². The topological polar surface area (TPSA) is 88.8 Å². The van der Waals surface area contributed by atoms with Gasteiger partial charge in [0.25, 0.3) is 0 Å². The van der Waals surface area contributed by atoms with Crippen molar-refractivity contribution in [2.45, 2.75) is 19.9 Å². The van der Waals surface area contributed by atoms with Gasteiger partial charge in [-0.05, 0) is 12.5 Å². The van der Waals surface area contributed by atoms with E-state index in [4.69, 9.17) is 0 Å². The molecule has 0 aliphatic heterocycles. The lowest BCUT2D eigenvalue weighted by atomic mass is 10.5. The second-order valence-corrected chi connectivity index (χ2v) is 3.39. The summed E-state index contributed by atoms with van der Waals surface area (Å²) < 4.78 is 4.63. The lowest BCUT2D eigenvalue weighted by molar-refractivity contribution is 0.411. The Balaban J connectivity index is 1.91. The molecule has 0 saturated heterocycles. The van der Waals surface area contributed by atoms with Crippen molar-refractivity contribution in [2.75, 3.05) is 17.2 Å². The Morgan fingerprint density at radius 1 is 1.29 bits per heavy atom. The van der Waals surface area contributed by atoms with Gasteiger partial charge in [-0.1, -0.05) is 12.1 Å². The highest BCUT2D eigenvalue weighted by Crippen LogP contribution is 2.06. The van der Waals surface area contributed by atoms with Gasteiger partial charge in [0.15, 0.2) is 5.82 Å². The second-order valence-electron chi connectivity index (χ2n) is 3.39.